The van der Waals surface area contributed by atoms with E-state index < -0.39 is 0 Å². The lowest BCUT2D eigenvalue weighted by molar-refractivity contribution is 0.398. The van der Waals surface area contributed by atoms with Crippen LogP contribution in [0.2, 0.25) is 0 Å². The summed E-state index contributed by atoms with van der Waals surface area (Å²) in [5.41, 5.74) is 1.79. The van der Waals surface area contributed by atoms with Crippen molar-refractivity contribution in [3.63, 3.8) is 0 Å². The normalized spacial score (nSPS) is 22.6. The number of hydrogen-bond donors (Lipinski definition) is 0. The summed E-state index contributed by atoms with van der Waals surface area (Å²) < 4.78 is 7.48. The molecule has 0 radical (unpaired) electrons. The number of pyridine rings is 1. The molecule has 20 heavy (non-hydrogen) atoms. The second-order valence-corrected chi connectivity index (χ2v) is 6.34. The number of methoxy groups -OCH3 is 1. The maximum Gasteiger partial charge on any atom is 0.215 e. The van der Waals surface area contributed by atoms with E-state index in [2.05, 4.69) is 20.8 Å². The number of aromatic nitrogens is 3. The smallest absolute Gasteiger partial charge is 0.215 e. The van der Waals surface area contributed by atoms with Crippen molar-refractivity contribution in [2.45, 2.75) is 36.4 Å². The Morgan fingerprint density at radius 1 is 1.40 bits per heavy atom. The number of alkyl halides is 1. The fraction of sp³-hybridized carbons (Fsp3) is 0.571. The van der Waals surface area contributed by atoms with Gasteiger partial charge < -0.3 is 9.30 Å². The number of nitrogens with zero attached hydrogens (tertiary/aromatic N) is 3. The van der Waals surface area contributed by atoms with Gasteiger partial charge in [0.15, 0.2) is 5.65 Å². The van der Waals surface area contributed by atoms with Gasteiger partial charge in [0.1, 0.15) is 11.3 Å². The third-order valence-corrected chi connectivity index (χ3v) is 5.36. The summed E-state index contributed by atoms with van der Waals surface area (Å²) in [5.74, 6) is 1.95. The minimum atomic E-state index is 0.413. The van der Waals surface area contributed by atoms with Crippen LogP contribution in [0, 0.1) is 0 Å². The topological polar surface area (TPSA) is 39.9 Å². The zero-order chi connectivity index (χ0) is 14.1. The highest BCUT2D eigenvalue weighted by molar-refractivity contribution is 7.99. The molecule has 0 N–H and O–H groups in total. The van der Waals surface area contributed by atoms with Gasteiger partial charge in [-0.2, -0.15) is 16.7 Å². The molecule has 2 aromatic rings. The molecule has 0 aliphatic heterocycles. The Kier molecular flexibility index (Phi) is 4.08. The van der Waals surface area contributed by atoms with E-state index in [1.807, 2.05) is 23.9 Å². The molecule has 108 valence electrons. The highest BCUT2D eigenvalue weighted by Gasteiger charge is 2.31. The van der Waals surface area contributed by atoms with Crippen LogP contribution in [0.5, 0.6) is 5.88 Å². The first-order chi connectivity index (χ1) is 9.78. The monoisotopic (exact) mass is 311 g/mol. The van der Waals surface area contributed by atoms with Crippen molar-refractivity contribution < 1.29 is 4.74 Å². The van der Waals surface area contributed by atoms with Gasteiger partial charge in [0, 0.05) is 17.4 Å². The zero-order valence-electron chi connectivity index (χ0n) is 11.7. The second kappa shape index (κ2) is 5.82. The van der Waals surface area contributed by atoms with E-state index in [1.54, 1.807) is 7.11 Å². The molecule has 2 aromatic heterocycles. The molecular formula is C14H18ClN3OS. The molecule has 2 heterocycles. The largest absolute Gasteiger partial charge is 0.481 e. The molecule has 0 saturated heterocycles. The molecule has 0 bridgehead atoms. The summed E-state index contributed by atoms with van der Waals surface area (Å²) in [4.78, 5) is 9.21. The lowest BCUT2D eigenvalue weighted by Gasteiger charge is -2.21. The van der Waals surface area contributed by atoms with Gasteiger partial charge in [-0.15, -0.1) is 11.6 Å². The summed E-state index contributed by atoms with van der Waals surface area (Å²) >= 11 is 8.02. The van der Waals surface area contributed by atoms with Crippen molar-refractivity contribution in [1.29, 1.82) is 0 Å². The number of imidazole rings is 1. The van der Waals surface area contributed by atoms with E-state index in [4.69, 9.17) is 16.3 Å². The summed E-state index contributed by atoms with van der Waals surface area (Å²) in [6, 6.07) is 4.23. The van der Waals surface area contributed by atoms with E-state index in [0.29, 0.717) is 23.1 Å². The Morgan fingerprint density at radius 3 is 2.95 bits per heavy atom. The highest BCUT2D eigenvalue weighted by atomic mass is 35.5. The van der Waals surface area contributed by atoms with Gasteiger partial charge in [-0.05, 0) is 25.2 Å². The molecule has 6 heteroatoms. The van der Waals surface area contributed by atoms with E-state index in [-0.39, 0.29) is 0 Å². The average molecular weight is 312 g/mol. The molecule has 1 aliphatic rings. The SMILES string of the molecule is COc1ccc2nc(CCl)n(C3CCCC3SC)c2n1. The third kappa shape index (κ3) is 2.27. The molecule has 0 aromatic carbocycles. The van der Waals surface area contributed by atoms with Gasteiger partial charge in [0.05, 0.1) is 13.0 Å². The van der Waals surface area contributed by atoms with Gasteiger partial charge in [0.2, 0.25) is 5.88 Å². The first kappa shape index (κ1) is 14.0. The van der Waals surface area contributed by atoms with Gasteiger partial charge in [-0.25, -0.2) is 4.98 Å². The summed E-state index contributed by atoms with van der Waals surface area (Å²) in [7, 11) is 1.64. The van der Waals surface area contributed by atoms with Gasteiger partial charge in [-0.3, -0.25) is 0 Å². The van der Waals surface area contributed by atoms with Gasteiger partial charge in [-0.1, -0.05) is 6.42 Å². The Morgan fingerprint density at radius 2 is 2.25 bits per heavy atom. The van der Waals surface area contributed by atoms with Crippen molar-refractivity contribution >= 4 is 34.5 Å². The molecule has 1 saturated carbocycles. The predicted molar refractivity (Wildman–Crippen MR) is 83.8 cm³/mol. The maximum atomic E-state index is 6.10. The van der Waals surface area contributed by atoms with Crippen molar-refractivity contribution in [3.8, 4) is 5.88 Å². The molecule has 0 amide bonds. The van der Waals surface area contributed by atoms with Crippen LogP contribution in [-0.2, 0) is 5.88 Å². The molecule has 2 unspecified atom stereocenters. The maximum absolute atomic E-state index is 6.10. The van der Waals surface area contributed by atoms with Gasteiger partial charge in [0.25, 0.3) is 0 Å². The molecule has 2 atom stereocenters. The Hall–Kier alpha value is -0.940. The van der Waals surface area contributed by atoms with Crippen molar-refractivity contribution in [3.05, 3.63) is 18.0 Å². The first-order valence-corrected chi connectivity index (χ1v) is 8.61. The van der Waals surface area contributed by atoms with Gasteiger partial charge >= 0.3 is 0 Å². The number of hydrogen-bond acceptors (Lipinski definition) is 4. The van der Waals surface area contributed by atoms with Crippen molar-refractivity contribution in [1.82, 2.24) is 14.5 Å². The fourth-order valence-corrected chi connectivity index (χ4v) is 4.20. The average Bonchev–Trinajstić information content (AvgIpc) is 3.08. The number of halogens is 1. The van der Waals surface area contributed by atoms with Crippen LogP contribution in [0.1, 0.15) is 31.1 Å². The summed E-state index contributed by atoms with van der Waals surface area (Å²) in [5, 5.41) is 0.613. The highest BCUT2D eigenvalue weighted by Crippen LogP contribution is 2.40. The second-order valence-electron chi connectivity index (χ2n) is 5.00. The van der Waals surface area contributed by atoms with Crippen LogP contribution < -0.4 is 4.74 Å². The number of thioether (sulfide) groups is 1. The molecule has 3 rings (SSSR count). The minimum absolute atomic E-state index is 0.413. The molecular weight excluding hydrogens is 294 g/mol. The van der Waals surface area contributed by atoms with Crippen LogP contribution in [0.15, 0.2) is 12.1 Å². The van der Waals surface area contributed by atoms with E-state index in [9.17, 15) is 0 Å². The lowest BCUT2D eigenvalue weighted by atomic mass is 10.2. The molecule has 1 fully saturated rings. The summed E-state index contributed by atoms with van der Waals surface area (Å²) in [6.45, 7) is 0. The van der Waals surface area contributed by atoms with E-state index >= 15 is 0 Å². The third-order valence-electron chi connectivity index (χ3n) is 3.97. The van der Waals surface area contributed by atoms with Crippen molar-refractivity contribution in [2.24, 2.45) is 0 Å². The van der Waals surface area contributed by atoms with E-state index in [0.717, 1.165) is 17.0 Å². The Bertz CT molecular complexity index is 616. The molecule has 1 aliphatic carbocycles. The predicted octanol–water partition coefficient (Wildman–Crippen LogP) is 3.64. The van der Waals surface area contributed by atoms with Crippen LogP contribution >= 0.6 is 23.4 Å². The van der Waals surface area contributed by atoms with Crippen molar-refractivity contribution in [2.75, 3.05) is 13.4 Å². The zero-order valence-corrected chi connectivity index (χ0v) is 13.2. The Labute approximate surface area is 127 Å². The quantitative estimate of drug-likeness (QED) is 0.808. The fourth-order valence-electron chi connectivity index (χ4n) is 3.04. The summed E-state index contributed by atoms with van der Waals surface area (Å²) in [6.07, 6.45) is 5.84. The van der Waals surface area contributed by atoms with E-state index in [1.165, 1.54) is 19.3 Å². The van der Waals surface area contributed by atoms with Crippen LogP contribution in [0.3, 0.4) is 0 Å². The Balaban J connectivity index is 2.15. The standard InChI is InChI=1S/C14H18ClN3OS/c1-19-13-7-6-9-14(17-13)18(12(8-15)16-9)10-4-3-5-11(10)20-2/h6-7,10-11H,3-5,8H2,1-2H3. The molecule has 4 nitrogen and oxygen atoms in total. The lowest BCUT2D eigenvalue weighted by Crippen LogP contribution is -2.18. The number of rotatable bonds is 4. The van der Waals surface area contributed by atoms with Crippen LogP contribution in [0.4, 0.5) is 0 Å². The molecule has 0 spiro atoms. The number of fused-ring (bicyclic) bond motifs is 1. The van der Waals surface area contributed by atoms with Crippen LogP contribution in [0.25, 0.3) is 11.2 Å². The minimum Gasteiger partial charge on any atom is -0.481 e. The number of ether oxygens (including phenoxy) is 1. The van der Waals surface area contributed by atoms with Crippen LogP contribution in [-0.4, -0.2) is 33.2 Å². The first-order valence-electron chi connectivity index (χ1n) is 6.79.